The molecule has 4 nitrogen and oxygen atoms in total. The Kier molecular flexibility index (Phi) is 3.50. The highest BCUT2D eigenvalue weighted by Crippen LogP contribution is 2.40. The molecule has 0 radical (unpaired) electrons. The third kappa shape index (κ3) is 3.27. The molecule has 0 aromatic heterocycles. The lowest BCUT2D eigenvalue weighted by Crippen LogP contribution is -2.07. The molecule has 1 aromatic carbocycles. The number of benzene rings is 1. The zero-order valence-corrected chi connectivity index (χ0v) is 8.45. The van der Waals surface area contributed by atoms with Crippen LogP contribution in [0.25, 0.3) is 0 Å². The fourth-order valence-electron chi connectivity index (χ4n) is 1.33. The second-order valence-corrected chi connectivity index (χ2v) is 3.39. The molecule has 0 amide bonds. The maximum absolute atomic E-state index is 12.4. The zero-order valence-electron chi connectivity index (χ0n) is 8.45. The first kappa shape index (κ1) is 13.1. The van der Waals surface area contributed by atoms with Crippen molar-refractivity contribution in [1.82, 2.24) is 0 Å². The molecule has 0 aliphatic carbocycles. The second kappa shape index (κ2) is 4.52. The van der Waals surface area contributed by atoms with Crippen LogP contribution in [-0.4, -0.2) is 21.3 Å². The number of carbonyl (C=O) groups is 1. The van der Waals surface area contributed by atoms with Gasteiger partial charge in [0.05, 0.1) is 0 Å². The molecule has 0 saturated heterocycles. The Hall–Kier alpha value is -1.92. The highest BCUT2D eigenvalue weighted by Gasteiger charge is 2.35. The molecule has 0 spiro atoms. The second-order valence-electron chi connectivity index (χ2n) is 3.39. The van der Waals surface area contributed by atoms with Crippen LogP contribution in [-0.2, 0) is 17.4 Å². The molecule has 0 bridgehead atoms. The van der Waals surface area contributed by atoms with E-state index in [4.69, 9.17) is 10.2 Å². The number of phenols is 2. The number of carboxylic acid groups (broad SMARTS) is 1. The van der Waals surface area contributed by atoms with Gasteiger partial charge in [0.1, 0.15) is 17.1 Å². The minimum absolute atomic E-state index is 0.250. The number of aromatic hydroxyl groups is 2. The largest absolute Gasteiger partial charge is 0.508 e. The molecule has 7 heteroatoms. The maximum atomic E-state index is 12.4. The fraction of sp³-hybridized carbons (Fsp3) is 0.300. The molecule has 0 aliphatic rings. The number of aliphatic carboxylic acids is 1. The number of hydrogen-bond donors (Lipinski definition) is 3. The lowest BCUT2D eigenvalue weighted by molar-refractivity contribution is -0.139. The summed E-state index contributed by atoms with van der Waals surface area (Å²) in [5, 5.41) is 26.8. The van der Waals surface area contributed by atoms with Crippen LogP contribution in [0.1, 0.15) is 17.5 Å². The SMILES string of the molecule is O=C(O)CCc1cc(O)cc(C(F)(F)F)c1O. The molecule has 94 valence electrons. The first-order chi connectivity index (χ1) is 7.71. The highest BCUT2D eigenvalue weighted by molar-refractivity contribution is 5.67. The fourth-order valence-corrected chi connectivity index (χ4v) is 1.33. The summed E-state index contributed by atoms with van der Waals surface area (Å²) in [6.07, 6.45) is -5.53. The van der Waals surface area contributed by atoms with Gasteiger partial charge in [-0.25, -0.2) is 0 Å². The molecule has 0 atom stereocenters. The summed E-state index contributed by atoms with van der Waals surface area (Å²) in [7, 11) is 0. The van der Waals surface area contributed by atoms with Crippen molar-refractivity contribution in [3.63, 3.8) is 0 Å². The lowest BCUT2D eigenvalue weighted by atomic mass is 10.0. The van der Waals surface area contributed by atoms with Crippen molar-refractivity contribution in [2.45, 2.75) is 19.0 Å². The number of halogens is 3. The van der Waals surface area contributed by atoms with Crippen LogP contribution < -0.4 is 0 Å². The van der Waals surface area contributed by atoms with Crippen molar-refractivity contribution >= 4 is 5.97 Å². The van der Waals surface area contributed by atoms with E-state index in [0.29, 0.717) is 6.07 Å². The molecule has 3 N–H and O–H groups in total. The Morgan fingerprint density at radius 1 is 1.24 bits per heavy atom. The Morgan fingerprint density at radius 3 is 2.29 bits per heavy atom. The third-order valence-corrected chi connectivity index (χ3v) is 2.09. The van der Waals surface area contributed by atoms with E-state index in [1.807, 2.05) is 0 Å². The molecule has 0 fully saturated rings. The number of rotatable bonds is 3. The van der Waals surface area contributed by atoms with Gasteiger partial charge in [0, 0.05) is 6.42 Å². The van der Waals surface area contributed by atoms with E-state index in [1.54, 1.807) is 0 Å². The van der Waals surface area contributed by atoms with Crippen LogP contribution >= 0.6 is 0 Å². The summed E-state index contributed by atoms with van der Waals surface area (Å²) in [5.74, 6) is -2.92. The van der Waals surface area contributed by atoms with Gasteiger partial charge in [-0.15, -0.1) is 0 Å². The van der Waals surface area contributed by atoms with Crippen LogP contribution in [0.4, 0.5) is 13.2 Å². The van der Waals surface area contributed by atoms with Crippen molar-refractivity contribution in [1.29, 1.82) is 0 Å². The van der Waals surface area contributed by atoms with E-state index in [9.17, 15) is 23.1 Å². The van der Waals surface area contributed by atoms with Crippen molar-refractivity contribution in [3.8, 4) is 11.5 Å². The standard InChI is InChI=1S/C10H9F3O4/c11-10(12,13)7-4-6(14)3-5(9(7)17)1-2-8(15)16/h3-4,14,17H,1-2H2,(H,15,16). The summed E-state index contributed by atoms with van der Waals surface area (Å²) in [6.45, 7) is 0. The van der Waals surface area contributed by atoms with Crippen LogP contribution in [0.3, 0.4) is 0 Å². The van der Waals surface area contributed by atoms with Gasteiger partial charge in [-0.2, -0.15) is 13.2 Å². The third-order valence-electron chi connectivity index (χ3n) is 2.09. The molecule has 0 unspecified atom stereocenters. The van der Waals surface area contributed by atoms with Crippen molar-refractivity contribution in [3.05, 3.63) is 23.3 Å². The first-order valence-electron chi connectivity index (χ1n) is 4.55. The van der Waals surface area contributed by atoms with Crippen LogP contribution in [0.15, 0.2) is 12.1 Å². The van der Waals surface area contributed by atoms with Gasteiger partial charge in [-0.1, -0.05) is 0 Å². The van der Waals surface area contributed by atoms with E-state index < -0.39 is 35.6 Å². The minimum Gasteiger partial charge on any atom is -0.508 e. The Morgan fingerprint density at radius 2 is 1.82 bits per heavy atom. The van der Waals surface area contributed by atoms with Crippen LogP contribution in [0.5, 0.6) is 11.5 Å². The molecular formula is C10H9F3O4. The number of hydrogen-bond acceptors (Lipinski definition) is 3. The number of alkyl halides is 3. The summed E-state index contributed by atoms with van der Waals surface area (Å²) < 4.78 is 37.3. The summed E-state index contributed by atoms with van der Waals surface area (Å²) in [6, 6.07) is 1.30. The Bertz CT molecular complexity index is 440. The molecule has 0 saturated carbocycles. The van der Waals surface area contributed by atoms with E-state index in [0.717, 1.165) is 6.07 Å². The van der Waals surface area contributed by atoms with Crippen molar-refractivity contribution < 1.29 is 33.3 Å². The Labute approximate surface area is 93.9 Å². The van der Waals surface area contributed by atoms with Gasteiger partial charge in [-0.3, -0.25) is 4.79 Å². The minimum atomic E-state index is -4.80. The highest BCUT2D eigenvalue weighted by atomic mass is 19.4. The quantitative estimate of drug-likeness (QED) is 0.718. The van der Waals surface area contributed by atoms with Gasteiger partial charge in [0.25, 0.3) is 0 Å². The molecule has 1 rings (SSSR count). The van der Waals surface area contributed by atoms with Gasteiger partial charge in [0.2, 0.25) is 0 Å². The number of carboxylic acids is 1. The predicted octanol–water partition coefficient (Wildman–Crippen LogP) is 2.13. The van der Waals surface area contributed by atoms with Crippen molar-refractivity contribution in [2.75, 3.05) is 0 Å². The molecule has 17 heavy (non-hydrogen) atoms. The average molecular weight is 250 g/mol. The molecule has 1 aromatic rings. The van der Waals surface area contributed by atoms with E-state index in [2.05, 4.69) is 0 Å². The van der Waals surface area contributed by atoms with Gasteiger partial charge < -0.3 is 15.3 Å². The first-order valence-corrected chi connectivity index (χ1v) is 4.55. The summed E-state index contributed by atoms with van der Waals surface area (Å²) >= 11 is 0. The zero-order chi connectivity index (χ0) is 13.2. The van der Waals surface area contributed by atoms with Crippen LogP contribution in [0, 0.1) is 0 Å². The normalized spacial score (nSPS) is 11.5. The molecule has 0 aliphatic heterocycles. The average Bonchev–Trinajstić information content (AvgIpc) is 2.17. The topological polar surface area (TPSA) is 77.8 Å². The van der Waals surface area contributed by atoms with Crippen molar-refractivity contribution in [2.24, 2.45) is 0 Å². The molecular weight excluding hydrogens is 241 g/mol. The van der Waals surface area contributed by atoms with E-state index >= 15 is 0 Å². The van der Waals surface area contributed by atoms with Gasteiger partial charge in [-0.05, 0) is 24.1 Å². The van der Waals surface area contributed by atoms with Gasteiger partial charge >= 0.3 is 12.1 Å². The van der Waals surface area contributed by atoms with Crippen LogP contribution in [0.2, 0.25) is 0 Å². The van der Waals surface area contributed by atoms with E-state index in [-0.39, 0.29) is 12.0 Å². The number of aryl methyl sites for hydroxylation is 1. The smallest absolute Gasteiger partial charge is 0.420 e. The molecule has 0 heterocycles. The summed E-state index contributed by atoms with van der Waals surface area (Å²) in [5.41, 5.74) is -1.63. The predicted molar refractivity (Wildman–Crippen MR) is 50.7 cm³/mol. The number of phenolic OH excluding ortho intramolecular Hbond substituents is 2. The maximum Gasteiger partial charge on any atom is 0.420 e. The Balaban J connectivity index is 3.15. The van der Waals surface area contributed by atoms with E-state index in [1.165, 1.54) is 0 Å². The lowest BCUT2D eigenvalue weighted by Gasteiger charge is -2.12. The summed E-state index contributed by atoms with van der Waals surface area (Å²) in [4.78, 5) is 10.3. The monoisotopic (exact) mass is 250 g/mol. The van der Waals surface area contributed by atoms with Gasteiger partial charge in [0.15, 0.2) is 0 Å².